The normalized spacial score (nSPS) is 12.5. The molecule has 0 fully saturated rings. The van der Waals surface area contributed by atoms with Gasteiger partial charge < -0.3 is 10.1 Å². The summed E-state index contributed by atoms with van der Waals surface area (Å²) in [6, 6.07) is 10.5. The number of hydrogen-bond acceptors (Lipinski definition) is 5. The Labute approximate surface area is 127 Å². The highest BCUT2D eigenvalue weighted by atomic mass is 32.1. The van der Waals surface area contributed by atoms with Gasteiger partial charge >= 0.3 is 0 Å². The smallest absolute Gasteiger partial charge is 0.139 e. The molecule has 3 aromatic rings. The quantitative estimate of drug-likeness (QED) is 0.778. The van der Waals surface area contributed by atoms with E-state index < -0.39 is 0 Å². The number of ether oxygens (including phenoxy) is 1. The zero-order valence-electron chi connectivity index (χ0n) is 12.0. The van der Waals surface area contributed by atoms with Crippen molar-refractivity contribution in [3.05, 3.63) is 42.0 Å². The number of anilines is 1. The van der Waals surface area contributed by atoms with Gasteiger partial charge in [-0.1, -0.05) is 30.3 Å². The van der Waals surface area contributed by atoms with Crippen LogP contribution >= 0.6 is 11.3 Å². The topological polar surface area (TPSA) is 47.0 Å². The van der Waals surface area contributed by atoms with Crippen molar-refractivity contribution in [2.24, 2.45) is 0 Å². The molecule has 1 N–H and O–H groups in total. The summed E-state index contributed by atoms with van der Waals surface area (Å²) in [5.74, 6) is 0.865. The number of fused-ring (bicyclic) bond motifs is 1. The molecule has 2 heterocycles. The zero-order chi connectivity index (χ0) is 14.7. The summed E-state index contributed by atoms with van der Waals surface area (Å²) in [6.45, 7) is 2.71. The molecule has 0 spiro atoms. The fourth-order valence-electron chi connectivity index (χ4n) is 2.34. The molecule has 1 aromatic carbocycles. The molecule has 1 atom stereocenters. The van der Waals surface area contributed by atoms with Gasteiger partial charge in [-0.15, -0.1) is 11.3 Å². The summed E-state index contributed by atoms with van der Waals surface area (Å²) in [4.78, 5) is 9.79. The first-order valence-electron chi connectivity index (χ1n) is 6.82. The van der Waals surface area contributed by atoms with E-state index in [9.17, 15) is 0 Å². The van der Waals surface area contributed by atoms with Crippen LogP contribution in [0.4, 0.5) is 5.82 Å². The number of benzene rings is 1. The fourth-order valence-corrected chi connectivity index (χ4v) is 3.26. The number of methoxy groups -OCH3 is 1. The van der Waals surface area contributed by atoms with E-state index in [2.05, 4.69) is 39.7 Å². The number of nitrogens with one attached hydrogen (secondary N) is 1. The van der Waals surface area contributed by atoms with Crippen LogP contribution in [0.15, 0.2) is 42.0 Å². The zero-order valence-corrected chi connectivity index (χ0v) is 12.9. The lowest BCUT2D eigenvalue weighted by atomic mass is 10.1. The number of hydrogen-bond donors (Lipinski definition) is 1. The lowest BCUT2D eigenvalue weighted by Crippen LogP contribution is -2.21. The first-order valence-corrected chi connectivity index (χ1v) is 7.70. The van der Waals surface area contributed by atoms with Crippen molar-refractivity contribution in [2.45, 2.75) is 13.0 Å². The molecule has 5 heteroatoms. The van der Waals surface area contributed by atoms with Crippen LogP contribution < -0.4 is 5.32 Å². The van der Waals surface area contributed by atoms with Crippen LogP contribution in [-0.2, 0) is 4.74 Å². The van der Waals surface area contributed by atoms with Gasteiger partial charge in [-0.05, 0) is 12.5 Å². The predicted octanol–water partition coefficient (Wildman–Crippen LogP) is 3.81. The molecule has 0 aliphatic carbocycles. The average Bonchev–Trinajstić information content (AvgIpc) is 2.93. The molecule has 0 aliphatic heterocycles. The molecular formula is C16H17N3OS. The Kier molecular flexibility index (Phi) is 4.13. The van der Waals surface area contributed by atoms with E-state index in [1.165, 1.54) is 11.1 Å². The number of rotatable bonds is 5. The Balaban J connectivity index is 2.07. The molecule has 0 saturated carbocycles. The summed E-state index contributed by atoms with van der Waals surface area (Å²) < 4.78 is 5.18. The third-order valence-corrected chi connectivity index (χ3v) is 4.14. The Morgan fingerprint density at radius 3 is 2.81 bits per heavy atom. The van der Waals surface area contributed by atoms with Crippen molar-refractivity contribution in [3.8, 4) is 11.1 Å². The van der Waals surface area contributed by atoms with Crippen LogP contribution in [0, 0.1) is 0 Å². The molecule has 0 amide bonds. The van der Waals surface area contributed by atoms with Crippen LogP contribution in [0.1, 0.15) is 6.92 Å². The highest BCUT2D eigenvalue weighted by Crippen LogP contribution is 2.36. The first-order chi connectivity index (χ1) is 10.3. The van der Waals surface area contributed by atoms with E-state index in [4.69, 9.17) is 4.74 Å². The Morgan fingerprint density at radius 1 is 1.24 bits per heavy atom. The van der Waals surface area contributed by atoms with Crippen LogP contribution in [-0.4, -0.2) is 29.7 Å². The predicted molar refractivity (Wildman–Crippen MR) is 87.8 cm³/mol. The van der Waals surface area contributed by atoms with Crippen molar-refractivity contribution < 1.29 is 4.74 Å². The minimum absolute atomic E-state index is 0.191. The molecule has 0 radical (unpaired) electrons. The Bertz CT molecular complexity index is 727. The SMILES string of the molecule is COCC(C)Nc1ncnc2scc(-c3ccccc3)c12. The summed E-state index contributed by atoms with van der Waals surface area (Å²) in [5.41, 5.74) is 2.35. The first kappa shape index (κ1) is 14.0. The maximum absolute atomic E-state index is 5.18. The number of nitrogens with zero attached hydrogens (tertiary/aromatic N) is 2. The molecule has 2 aromatic heterocycles. The van der Waals surface area contributed by atoms with E-state index in [0.29, 0.717) is 6.61 Å². The van der Waals surface area contributed by atoms with Crippen LogP contribution in [0.2, 0.25) is 0 Å². The molecule has 1 unspecified atom stereocenters. The molecule has 0 aliphatic rings. The second-order valence-corrected chi connectivity index (χ2v) is 5.78. The molecule has 0 saturated heterocycles. The molecule has 0 bridgehead atoms. The van der Waals surface area contributed by atoms with Gasteiger partial charge in [-0.3, -0.25) is 0 Å². The summed E-state index contributed by atoms with van der Waals surface area (Å²) >= 11 is 1.64. The van der Waals surface area contributed by atoms with Crippen LogP contribution in [0.3, 0.4) is 0 Å². The monoisotopic (exact) mass is 299 g/mol. The van der Waals surface area contributed by atoms with E-state index in [1.807, 2.05) is 18.2 Å². The third kappa shape index (κ3) is 2.89. The van der Waals surface area contributed by atoms with Crippen molar-refractivity contribution in [1.29, 1.82) is 0 Å². The van der Waals surface area contributed by atoms with Crippen LogP contribution in [0.5, 0.6) is 0 Å². The Morgan fingerprint density at radius 2 is 2.05 bits per heavy atom. The lowest BCUT2D eigenvalue weighted by Gasteiger charge is -2.14. The van der Waals surface area contributed by atoms with Gasteiger partial charge in [-0.2, -0.15) is 0 Å². The van der Waals surface area contributed by atoms with E-state index in [0.717, 1.165) is 16.0 Å². The van der Waals surface area contributed by atoms with Gasteiger partial charge in [0.05, 0.1) is 12.0 Å². The number of thiophene rings is 1. The lowest BCUT2D eigenvalue weighted by molar-refractivity contribution is 0.190. The van der Waals surface area contributed by atoms with Gasteiger partial charge in [0.25, 0.3) is 0 Å². The second-order valence-electron chi connectivity index (χ2n) is 4.92. The van der Waals surface area contributed by atoms with Gasteiger partial charge in [0.1, 0.15) is 17.0 Å². The minimum atomic E-state index is 0.191. The van der Waals surface area contributed by atoms with E-state index in [1.54, 1.807) is 24.8 Å². The van der Waals surface area contributed by atoms with E-state index >= 15 is 0 Å². The average molecular weight is 299 g/mol. The maximum Gasteiger partial charge on any atom is 0.139 e. The maximum atomic E-state index is 5.18. The summed E-state index contributed by atoms with van der Waals surface area (Å²) in [5, 5.41) is 6.63. The van der Waals surface area contributed by atoms with Crippen molar-refractivity contribution in [3.63, 3.8) is 0 Å². The largest absolute Gasteiger partial charge is 0.383 e. The van der Waals surface area contributed by atoms with Gasteiger partial charge in [0.2, 0.25) is 0 Å². The second kappa shape index (κ2) is 6.20. The number of aromatic nitrogens is 2. The van der Waals surface area contributed by atoms with Crippen LogP contribution in [0.25, 0.3) is 21.3 Å². The van der Waals surface area contributed by atoms with Crippen molar-refractivity contribution >= 4 is 27.4 Å². The highest BCUT2D eigenvalue weighted by Gasteiger charge is 2.14. The minimum Gasteiger partial charge on any atom is -0.383 e. The van der Waals surface area contributed by atoms with Gasteiger partial charge in [0.15, 0.2) is 0 Å². The third-order valence-electron chi connectivity index (χ3n) is 3.25. The molecule has 4 nitrogen and oxygen atoms in total. The molecule has 21 heavy (non-hydrogen) atoms. The molecule has 108 valence electrons. The summed E-state index contributed by atoms with van der Waals surface area (Å²) in [7, 11) is 1.70. The molecular weight excluding hydrogens is 282 g/mol. The fraction of sp³-hybridized carbons (Fsp3) is 0.250. The molecule has 3 rings (SSSR count). The summed E-state index contributed by atoms with van der Waals surface area (Å²) in [6.07, 6.45) is 1.61. The Hall–Kier alpha value is -1.98. The van der Waals surface area contributed by atoms with E-state index in [-0.39, 0.29) is 6.04 Å². The standard InChI is InChI=1S/C16H17N3OS/c1-11(8-20-2)19-15-14-13(12-6-4-3-5-7-12)9-21-16(14)18-10-17-15/h3-7,9-11H,8H2,1-2H3,(H,17,18,19). The highest BCUT2D eigenvalue weighted by molar-refractivity contribution is 7.17. The van der Waals surface area contributed by atoms with Crippen molar-refractivity contribution in [1.82, 2.24) is 9.97 Å². The van der Waals surface area contributed by atoms with Crippen molar-refractivity contribution in [2.75, 3.05) is 19.0 Å². The van der Waals surface area contributed by atoms with Gasteiger partial charge in [0, 0.05) is 24.1 Å². The van der Waals surface area contributed by atoms with Gasteiger partial charge in [-0.25, -0.2) is 9.97 Å².